The summed E-state index contributed by atoms with van der Waals surface area (Å²) in [5, 5.41) is 4.21. The van der Waals surface area contributed by atoms with E-state index < -0.39 is 0 Å². The summed E-state index contributed by atoms with van der Waals surface area (Å²) in [6, 6.07) is 10.5. The molecule has 4 rings (SSSR count). The number of aromatic nitrogens is 2. The van der Waals surface area contributed by atoms with Crippen LogP contribution in [0.25, 0.3) is 10.2 Å². The lowest BCUT2D eigenvalue weighted by Gasteiger charge is -2.17. The predicted octanol–water partition coefficient (Wildman–Crippen LogP) is 5.07. The van der Waals surface area contributed by atoms with Crippen LogP contribution in [0.4, 0.5) is 0 Å². The molecule has 0 saturated heterocycles. The summed E-state index contributed by atoms with van der Waals surface area (Å²) < 4.78 is 0. The zero-order valence-corrected chi connectivity index (χ0v) is 18.0. The van der Waals surface area contributed by atoms with Gasteiger partial charge in [-0.05, 0) is 37.8 Å². The van der Waals surface area contributed by atoms with Crippen molar-refractivity contribution in [3.63, 3.8) is 0 Å². The SMILES string of the molecule is Cc1nc(C(C)(C)C)nc2sc(C(=O)NCC3(c4ccccc4)CC3)c(C)c12. The van der Waals surface area contributed by atoms with Crippen LogP contribution in [-0.2, 0) is 10.8 Å². The Bertz CT molecular complexity index is 1040. The predicted molar refractivity (Wildman–Crippen MR) is 115 cm³/mol. The second-order valence-corrected chi connectivity index (χ2v) is 9.95. The van der Waals surface area contributed by atoms with Gasteiger partial charge in [-0.3, -0.25) is 4.79 Å². The lowest BCUT2D eigenvalue weighted by atomic mass is 9.95. The van der Waals surface area contributed by atoms with E-state index in [1.54, 1.807) is 0 Å². The molecule has 1 aliphatic carbocycles. The minimum Gasteiger partial charge on any atom is -0.350 e. The lowest BCUT2D eigenvalue weighted by Crippen LogP contribution is -2.32. The molecule has 146 valence electrons. The molecule has 1 saturated carbocycles. The third-order valence-electron chi connectivity index (χ3n) is 5.68. The van der Waals surface area contributed by atoms with Gasteiger partial charge in [-0.1, -0.05) is 51.1 Å². The van der Waals surface area contributed by atoms with E-state index in [0.29, 0.717) is 6.54 Å². The molecule has 0 spiro atoms. The Labute approximate surface area is 170 Å². The Hall–Kier alpha value is -2.27. The van der Waals surface area contributed by atoms with Crippen molar-refractivity contribution in [1.82, 2.24) is 15.3 Å². The van der Waals surface area contributed by atoms with Crippen LogP contribution in [0.1, 0.15) is 65.9 Å². The van der Waals surface area contributed by atoms with E-state index in [-0.39, 0.29) is 16.7 Å². The Morgan fingerprint density at radius 3 is 2.43 bits per heavy atom. The first-order chi connectivity index (χ1) is 13.2. The molecule has 3 aromatic rings. The van der Waals surface area contributed by atoms with Crippen LogP contribution in [-0.4, -0.2) is 22.4 Å². The number of rotatable bonds is 4. The van der Waals surface area contributed by atoms with Gasteiger partial charge in [0.05, 0.1) is 10.6 Å². The number of thiophene rings is 1. The molecular weight excluding hydrogens is 366 g/mol. The largest absolute Gasteiger partial charge is 0.350 e. The van der Waals surface area contributed by atoms with Crippen LogP contribution in [0.3, 0.4) is 0 Å². The molecule has 1 amide bonds. The topological polar surface area (TPSA) is 54.9 Å². The molecule has 5 heteroatoms. The minimum atomic E-state index is -0.118. The molecule has 2 aromatic heterocycles. The zero-order chi connectivity index (χ0) is 20.1. The van der Waals surface area contributed by atoms with Crippen molar-refractivity contribution >= 4 is 27.5 Å². The number of fused-ring (bicyclic) bond motifs is 1. The molecule has 0 bridgehead atoms. The van der Waals surface area contributed by atoms with E-state index >= 15 is 0 Å². The summed E-state index contributed by atoms with van der Waals surface area (Å²) in [7, 11) is 0. The number of aryl methyl sites for hydroxylation is 2. The maximum Gasteiger partial charge on any atom is 0.261 e. The summed E-state index contributed by atoms with van der Waals surface area (Å²) in [6.45, 7) is 11.0. The van der Waals surface area contributed by atoms with Crippen molar-refractivity contribution in [2.75, 3.05) is 6.54 Å². The highest BCUT2D eigenvalue weighted by Gasteiger charge is 2.44. The summed E-state index contributed by atoms with van der Waals surface area (Å²) in [6.07, 6.45) is 2.25. The monoisotopic (exact) mass is 393 g/mol. The normalized spacial score (nSPS) is 15.6. The number of nitrogens with zero attached hydrogens (tertiary/aromatic N) is 2. The van der Waals surface area contributed by atoms with Crippen LogP contribution in [0, 0.1) is 13.8 Å². The number of hydrogen-bond acceptors (Lipinski definition) is 4. The van der Waals surface area contributed by atoms with Gasteiger partial charge >= 0.3 is 0 Å². The van der Waals surface area contributed by atoms with Crippen molar-refractivity contribution in [3.8, 4) is 0 Å². The highest BCUT2D eigenvalue weighted by molar-refractivity contribution is 7.20. The number of amides is 1. The van der Waals surface area contributed by atoms with Crippen LogP contribution < -0.4 is 5.32 Å². The summed E-state index contributed by atoms with van der Waals surface area (Å²) in [4.78, 5) is 24.1. The van der Waals surface area contributed by atoms with Crippen molar-refractivity contribution in [3.05, 3.63) is 57.9 Å². The maximum atomic E-state index is 13.0. The molecule has 2 heterocycles. The third-order valence-corrected chi connectivity index (χ3v) is 6.86. The van der Waals surface area contributed by atoms with Crippen LogP contribution in [0.2, 0.25) is 0 Å². The van der Waals surface area contributed by atoms with Gasteiger partial charge in [-0.25, -0.2) is 9.97 Å². The number of carbonyl (C=O) groups is 1. The standard InChI is InChI=1S/C23H27N3OS/c1-14-17-15(2)25-21(22(3,4)5)26-20(17)28-18(14)19(27)24-13-23(11-12-23)16-9-7-6-8-10-16/h6-10H,11-13H2,1-5H3,(H,24,27). The third kappa shape index (κ3) is 3.32. The van der Waals surface area contributed by atoms with E-state index in [1.165, 1.54) is 16.9 Å². The molecule has 1 aromatic carbocycles. The van der Waals surface area contributed by atoms with E-state index in [1.807, 2.05) is 19.9 Å². The fraction of sp³-hybridized carbons (Fsp3) is 0.435. The lowest BCUT2D eigenvalue weighted by molar-refractivity contribution is 0.0953. The van der Waals surface area contributed by atoms with Crippen molar-refractivity contribution in [1.29, 1.82) is 0 Å². The fourth-order valence-electron chi connectivity index (χ4n) is 3.73. The second-order valence-electron chi connectivity index (χ2n) is 8.95. The van der Waals surface area contributed by atoms with E-state index in [0.717, 1.165) is 45.0 Å². The first-order valence-corrected chi connectivity index (χ1v) is 10.6. The van der Waals surface area contributed by atoms with Gasteiger partial charge in [0.25, 0.3) is 5.91 Å². The van der Waals surface area contributed by atoms with Crippen molar-refractivity contribution < 1.29 is 4.79 Å². The fourth-order valence-corrected chi connectivity index (χ4v) is 4.88. The molecule has 4 nitrogen and oxygen atoms in total. The summed E-state index contributed by atoms with van der Waals surface area (Å²) >= 11 is 1.48. The quantitative estimate of drug-likeness (QED) is 0.673. The van der Waals surface area contributed by atoms with Crippen LogP contribution in [0.5, 0.6) is 0 Å². The van der Waals surface area contributed by atoms with E-state index in [2.05, 4.69) is 50.4 Å². The van der Waals surface area contributed by atoms with Gasteiger partial charge in [0.2, 0.25) is 0 Å². The highest BCUT2D eigenvalue weighted by Crippen LogP contribution is 2.47. The smallest absolute Gasteiger partial charge is 0.261 e. The Balaban J connectivity index is 1.60. The van der Waals surface area contributed by atoms with Crippen LogP contribution >= 0.6 is 11.3 Å². The number of carbonyl (C=O) groups excluding carboxylic acids is 1. The Morgan fingerprint density at radius 2 is 1.82 bits per heavy atom. The van der Waals surface area contributed by atoms with Gasteiger partial charge in [-0.15, -0.1) is 11.3 Å². The van der Waals surface area contributed by atoms with Gasteiger partial charge in [0, 0.05) is 22.8 Å². The van der Waals surface area contributed by atoms with Gasteiger partial charge in [-0.2, -0.15) is 0 Å². The summed E-state index contributed by atoms with van der Waals surface area (Å²) in [5.41, 5.74) is 3.25. The molecule has 1 N–H and O–H groups in total. The molecule has 0 atom stereocenters. The van der Waals surface area contributed by atoms with E-state index in [9.17, 15) is 4.79 Å². The van der Waals surface area contributed by atoms with Crippen molar-refractivity contribution in [2.45, 2.75) is 58.3 Å². The van der Waals surface area contributed by atoms with Gasteiger partial charge < -0.3 is 5.32 Å². The second kappa shape index (κ2) is 6.66. The molecule has 0 aliphatic heterocycles. The maximum absolute atomic E-state index is 13.0. The Morgan fingerprint density at radius 1 is 1.14 bits per heavy atom. The first kappa shape index (κ1) is 19.1. The molecule has 0 radical (unpaired) electrons. The molecular formula is C23H27N3OS. The van der Waals surface area contributed by atoms with E-state index in [4.69, 9.17) is 9.97 Å². The molecule has 1 fully saturated rings. The summed E-state index contributed by atoms with van der Waals surface area (Å²) in [5.74, 6) is 0.825. The number of hydrogen-bond donors (Lipinski definition) is 1. The highest BCUT2D eigenvalue weighted by atomic mass is 32.1. The minimum absolute atomic E-state index is 0.000542. The average molecular weight is 394 g/mol. The number of benzene rings is 1. The first-order valence-electron chi connectivity index (χ1n) is 9.83. The zero-order valence-electron chi connectivity index (χ0n) is 17.2. The molecule has 28 heavy (non-hydrogen) atoms. The molecule has 1 aliphatic rings. The number of nitrogens with one attached hydrogen (secondary N) is 1. The Kier molecular flexibility index (Phi) is 4.53. The molecule has 0 unspecified atom stereocenters. The van der Waals surface area contributed by atoms with Gasteiger partial charge in [0.1, 0.15) is 10.7 Å². The van der Waals surface area contributed by atoms with Gasteiger partial charge in [0.15, 0.2) is 0 Å². The van der Waals surface area contributed by atoms with Crippen LogP contribution in [0.15, 0.2) is 30.3 Å². The van der Waals surface area contributed by atoms with Crippen molar-refractivity contribution in [2.24, 2.45) is 0 Å². The average Bonchev–Trinajstić information content (AvgIpc) is 3.37.